The van der Waals surface area contributed by atoms with Crippen molar-refractivity contribution >= 4 is 0 Å². The van der Waals surface area contributed by atoms with Crippen molar-refractivity contribution in [1.29, 1.82) is 0 Å². The summed E-state index contributed by atoms with van der Waals surface area (Å²) in [6.07, 6.45) is 7.23. The first-order valence-electron chi connectivity index (χ1n) is 4.67. The second-order valence-electron chi connectivity index (χ2n) is 3.82. The SMILES string of the molecule is COC1CC(NC2CCC2)C1. The Morgan fingerprint density at radius 1 is 1.18 bits per heavy atom. The van der Waals surface area contributed by atoms with Gasteiger partial charge >= 0.3 is 0 Å². The summed E-state index contributed by atoms with van der Waals surface area (Å²) in [5.74, 6) is 0. The highest BCUT2D eigenvalue weighted by atomic mass is 16.5. The molecule has 2 aliphatic carbocycles. The lowest BCUT2D eigenvalue weighted by Gasteiger charge is -2.40. The Hall–Kier alpha value is -0.0800. The van der Waals surface area contributed by atoms with Gasteiger partial charge in [0.1, 0.15) is 0 Å². The van der Waals surface area contributed by atoms with Crippen molar-refractivity contribution in [1.82, 2.24) is 5.32 Å². The quantitative estimate of drug-likeness (QED) is 0.663. The van der Waals surface area contributed by atoms with Crippen molar-refractivity contribution in [3.8, 4) is 0 Å². The summed E-state index contributed by atoms with van der Waals surface area (Å²) in [6.45, 7) is 0. The van der Waals surface area contributed by atoms with Gasteiger partial charge in [0.05, 0.1) is 6.10 Å². The Morgan fingerprint density at radius 3 is 2.36 bits per heavy atom. The second kappa shape index (κ2) is 3.11. The molecule has 2 fully saturated rings. The van der Waals surface area contributed by atoms with E-state index in [4.69, 9.17) is 4.74 Å². The smallest absolute Gasteiger partial charge is 0.0601 e. The minimum absolute atomic E-state index is 0.549. The van der Waals surface area contributed by atoms with Crippen LogP contribution in [0, 0.1) is 0 Å². The van der Waals surface area contributed by atoms with Crippen LogP contribution in [0.15, 0.2) is 0 Å². The third-order valence-electron chi connectivity index (χ3n) is 3.00. The lowest BCUT2D eigenvalue weighted by Crippen LogP contribution is -2.51. The Balaban J connectivity index is 1.59. The van der Waals surface area contributed by atoms with Crippen LogP contribution in [0.5, 0.6) is 0 Å². The van der Waals surface area contributed by atoms with Gasteiger partial charge in [-0.25, -0.2) is 0 Å². The molecule has 2 aliphatic rings. The van der Waals surface area contributed by atoms with Gasteiger partial charge in [0.2, 0.25) is 0 Å². The zero-order valence-electron chi connectivity index (χ0n) is 7.18. The molecule has 0 aromatic rings. The summed E-state index contributed by atoms with van der Waals surface area (Å²) in [5.41, 5.74) is 0. The predicted molar refractivity (Wildman–Crippen MR) is 44.6 cm³/mol. The molecule has 1 N–H and O–H groups in total. The minimum Gasteiger partial charge on any atom is -0.381 e. The van der Waals surface area contributed by atoms with Gasteiger partial charge in [0.15, 0.2) is 0 Å². The van der Waals surface area contributed by atoms with Gasteiger partial charge in [-0.3, -0.25) is 0 Å². The number of rotatable bonds is 3. The molecule has 0 radical (unpaired) electrons. The predicted octanol–water partition coefficient (Wildman–Crippen LogP) is 1.31. The summed E-state index contributed by atoms with van der Waals surface area (Å²) >= 11 is 0. The molecule has 2 nitrogen and oxygen atoms in total. The summed E-state index contributed by atoms with van der Waals surface area (Å²) < 4.78 is 5.21. The van der Waals surface area contributed by atoms with Crippen molar-refractivity contribution in [2.75, 3.05) is 7.11 Å². The molecule has 2 heteroatoms. The molecule has 0 spiro atoms. The summed E-state index contributed by atoms with van der Waals surface area (Å²) in [7, 11) is 1.81. The van der Waals surface area contributed by atoms with Crippen molar-refractivity contribution in [2.45, 2.75) is 50.3 Å². The average molecular weight is 155 g/mol. The van der Waals surface area contributed by atoms with E-state index in [-0.39, 0.29) is 0 Å². The van der Waals surface area contributed by atoms with E-state index in [1.54, 1.807) is 0 Å². The van der Waals surface area contributed by atoms with Crippen LogP contribution < -0.4 is 5.32 Å². The first-order valence-corrected chi connectivity index (χ1v) is 4.67. The molecule has 0 aromatic carbocycles. The Kier molecular flexibility index (Phi) is 2.14. The van der Waals surface area contributed by atoms with Crippen LogP contribution in [0.2, 0.25) is 0 Å². The Morgan fingerprint density at radius 2 is 1.91 bits per heavy atom. The fourth-order valence-electron chi connectivity index (χ4n) is 1.80. The molecular weight excluding hydrogens is 138 g/mol. The maximum absolute atomic E-state index is 5.21. The monoisotopic (exact) mass is 155 g/mol. The van der Waals surface area contributed by atoms with Crippen molar-refractivity contribution in [2.24, 2.45) is 0 Å². The van der Waals surface area contributed by atoms with Gasteiger partial charge in [-0.15, -0.1) is 0 Å². The van der Waals surface area contributed by atoms with Crippen molar-refractivity contribution in [3.63, 3.8) is 0 Å². The third kappa shape index (κ3) is 1.57. The lowest BCUT2D eigenvalue weighted by molar-refractivity contribution is 0.0110. The van der Waals surface area contributed by atoms with E-state index < -0.39 is 0 Å². The molecule has 0 amide bonds. The zero-order chi connectivity index (χ0) is 7.68. The zero-order valence-corrected chi connectivity index (χ0v) is 7.18. The van der Waals surface area contributed by atoms with Gasteiger partial charge in [-0.2, -0.15) is 0 Å². The number of hydrogen-bond donors (Lipinski definition) is 1. The molecule has 0 saturated heterocycles. The second-order valence-corrected chi connectivity index (χ2v) is 3.82. The van der Waals surface area contributed by atoms with Crippen LogP contribution in [0.1, 0.15) is 32.1 Å². The van der Waals surface area contributed by atoms with Gasteiger partial charge in [0.25, 0.3) is 0 Å². The van der Waals surface area contributed by atoms with E-state index in [1.165, 1.54) is 32.1 Å². The number of methoxy groups -OCH3 is 1. The largest absolute Gasteiger partial charge is 0.381 e. The average Bonchev–Trinajstić information content (AvgIpc) is 1.81. The first-order chi connectivity index (χ1) is 5.38. The lowest BCUT2D eigenvalue weighted by atomic mass is 9.85. The maximum atomic E-state index is 5.21. The highest BCUT2D eigenvalue weighted by Gasteiger charge is 2.31. The van der Waals surface area contributed by atoms with Crippen LogP contribution in [0.3, 0.4) is 0 Å². The maximum Gasteiger partial charge on any atom is 0.0601 e. The molecule has 64 valence electrons. The highest BCUT2D eigenvalue weighted by molar-refractivity contribution is 4.90. The van der Waals surface area contributed by atoms with E-state index in [1.807, 2.05) is 7.11 Å². The van der Waals surface area contributed by atoms with Crippen LogP contribution in [0.25, 0.3) is 0 Å². The van der Waals surface area contributed by atoms with Crippen LogP contribution >= 0.6 is 0 Å². The molecule has 2 rings (SSSR count). The number of nitrogens with one attached hydrogen (secondary N) is 1. The van der Waals surface area contributed by atoms with Crippen LogP contribution in [-0.2, 0) is 4.74 Å². The van der Waals surface area contributed by atoms with Crippen LogP contribution in [-0.4, -0.2) is 25.3 Å². The molecule has 0 unspecified atom stereocenters. The van der Waals surface area contributed by atoms with Crippen molar-refractivity contribution < 1.29 is 4.74 Å². The number of ether oxygens (including phenoxy) is 1. The van der Waals surface area contributed by atoms with Gasteiger partial charge in [0, 0.05) is 19.2 Å². The fraction of sp³-hybridized carbons (Fsp3) is 1.00. The topological polar surface area (TPSA) is 21.3 Å². The Bertz CT molecular complexity index is 128. The first kappa shape index (κ1) is 7.56. The molecule has 0 bridgehead atoms. The molecule has 0 aliphatic heterocycles. The normalized spacial score (nSPS) is 37.9. The summed E-state index contributed by atoms with van der Waals surface area (Å²) in [4.78, 5) is 0. The van der Waals surface area contributed by atoms with Gasteiger partial charge in [-0.1, -0.05) is 6.42 Å². The van der Waals surface area contributed by atoms with E-state index in [9.17, 15) is 0 Å². The van der Waals surface area contributed by atoms with E-state index in [2.05, 4.69) is 5.32 Å². The summed E-state index contributed by atoms with van der Waals surface area (Å²) in [6, 6.07) is 1.61. The molecule has 2 saturated carbocycles. The van der Waals surface area contributed by atoms with E-state index >= 15 is 0 Å². The molecule has 0 atom stereocenters. The molecule has 0 heterocycles. The van der Waals surface area contributed by atoms with Gasteiger partial charge in [-0.05, 0) is 25.7 Å². The van der Waals surface area contributed by atoms with Crippen LogP contribution in [0.4, 0.5) is 0 Å². The molecule has 0 aromatic heterocycles. The minimum atomic E-state index is 0.549. The molecule has 11 heavy (non-hydrogen) atoms. The standard InChI is InChI=1S/C9H17NO/c1-11-9-5-8(6-9)10-7-3-2-4-7/h7-10H,2-6H2,1H3. The highest BCUT2D eigenvalue weighted by Crippen LogP contribution is 2.26. The van der Waals surface area contributed by atoms with Gasteiger partial charge < -0.3 is 10.1 Å². The van der Waals surface area contributed by atoms with Crippen molar-refractivity contribution in [3.05, 3.63) is 0 Å². The summed E-state index contributed by atoms with van der Waals surface area (Å²) in [5, 5.41) is 3.64. The van der Waals surface area contributed by atoms with E-state index in [0.29, 0.717) is 6.10 Å². The number of hydrogen-bond acceptors (Lipinski definition) is 2. The molecular formula is C9H17NO. The Labute approximate surface area is 68.3 Å². The van der Waals surface area contributed by atoms with E-state index in [0.717, 1.165) is 12.1 Å². The third-order valence-corrected chi connectivity index (χ3v) is 3.00. The fourth-order valence-corrected chi connectivity index (χ4v) is 1.80.